The lowest BCUT2D eigenvalue weighted by atomic mass is 10.1. The molecular weight excluding hydrogens is 445 g/mol. The Labute approximate surface area is 193 Å². The molecule has 5 nitrogen and oxygen atoms in total. The van der Waals surface area contributed by atoms with E-state index in [1.54, 1.807) is 22.8 Å². The molecule has 0 fully saturated rings. The van der Waals surface area contributed by atoms with Crippen molar-refractivity contribution in [3.8, 4) is 0 Å². The van der Waals surface area contributed by atoms with E-state index in [0.717, 1.165) is 18.4 Å². The van der Waals surface area contributed by atoms with Crippen molar-refractivity contribution < 1.29 is 9.18 Å². The summed E-state index contributed by atoms with van der Waals surface area (Å²) in [5.41, 5.74) is 2.51. The van der Waals surface area contributed by atoms with Gasteiger partial charge >= 0.3 is 0 Å². The largest absolute Gasteiger partial charge is 0.355 e. The summed E-state index contributed by atoms with van der Waals surface area (Å²) in [5, 5.41) is 5.24. The number of thiophene rings is 1. The van der Waals surface area contributed by atoms with Gasteiger partial charge in [0.2, 0.25) is 5.91 Å². The maximum absolute atomic E-state index is 13.3. The summed E-state index contributed by atoms with van der Waals surface area (Å²) in [4.78, 5) is 30.0. The van der Waals surface area contributed by atoms with Crippen LogP contribution in [0.25, 0.3) is 10.2 Å². The van der Waals surface area contributed by atoms with Gasteiger partial charge < -0.3 is 5.32 Å². The molecule has 1 amide bonds. The van der Waals surface area contributed by atoms with Crippen LogP contribution in [-0.4, -0.2) is 27.8 Å². The van der Waals surface area contributed by atoms with Crippen molar-refractivity contribution in [3.63, 3.8) is 0 Å². The zero-order chi connectivity index (χ0) is 22.3. The molecule has 32 heavy (non-hydrogen) atoms. The molecule has 4 rings (SSSR count). The van der Waals surface area contributed by atoms with Crippen molar-refractivity contribution in [1.82, 2.24) is 14.9 Å². The fraction of sp³-hybridized carbons (Fsp3) is 0.208. The third-order valence-corrected chi connectivity index (χ3v) is 6.79. The van der Waals surface area contributed by atoms with E-state index in [-0.39, 0.29) is 29.6 Å². The molecule has 0 radical (unpaired) electrons. The number of amides is 1. The molecule has 0 aliphatic rings. The number of benzene rings is 2. The minimum atomic E-state index is -0.327. The van der Waals surface area contributed by atoms with E-state index in [9.17, 15) is 14.0 Å². The van der Waals surface area contributed by atoms with E-state index in [4.69, 9.17) is 0 Å². The van der Waals surface area contributed by atoms with E-state index in [1.807, 2.05) is 23.6 Å². The number of nitrogens with zero attached hydrogens (tertiary/aromatic N) is 2. The fourth-order valence-electron chi connectivity index (χ4n) is 3.29. The second-order valence-corrected chi connectivity index (χ2v) is 9.13. The number of aromatic nitrogens is 2. The minimum absolute atomic E-state index is 0.101. The Morgan fingerprint density at radius 3 is 2.62 bits per heavy atom. The Morgan fingerprint density at radius 1 is 1.06 bits per heavy atom. The molecular formula is C24H22FN3O2S2. The molecule has 0 saturated heterocycles. The first-order valence-corrected chi connectivity index (χ1v) is 12.1. The number of hydrogen-bond donors (Lipinski definition) is 1. The van der Waals surface area contributed by atoms with Crippen LogP contribution in [0.4, 0.5) is 4.39 Å². The van der Waals surface area contributed by atoms with Crippen molar-refractivity contribution >= 4 is 39.2 Å². The van der Waals surface area contributed by atoms with Crippen LogP contribution in [0.15, 0.2) is 76.0 Å². The van der Waals surface area contributed by atoms with Crippen molar-refractivity contribution in [2.24, 2.45) is 0 Å². The molecule has 164 valence electrons. The molecule has 2 aromatic carbocycles. The first-order chi connectivity index (χ1) is 15.6. The number of carbonyl (C=O) groups excluding carboxylic acids is 1. The Balaban J connectivity index is 1.40. The summed E-state index contributed by atoms with van der Waals surface area (Å²) in [6.07, 6.45) is 1.76. The van der Waals surface area contributed by atoms with Gasteiger partial charge in [0, 0.05) is 6.54 Å². The number of fused-ring (bicyclic) bond motifs is 1. The Morgan fingerprint density at radius 2 is 1.84 bits per heavy atom. The molecule has 2 aromatic heterocycles. The highest BCUT2D eigenvalue weighted by Gasteiger charge is 2.14. The zero-order valence-corrected chi connectivity index (χ0v) is 18.9. The number of rotatable bonds is 9. The molecule has 1 N–H and O–H groups in total. The quantitative estimate of drug-likeness (QED) is 0.224. The van der Waals surface area contributed by atoms with Gasteiger partial charge in [-0.2, -0.15) is 0 Å². The van der Waals surface area contributed by atoms with E-state index in [1.165, 1.54) is 40.8 Å². The first kappa shape index (κ1) is 22.2. The van der Waals surface area contributed by atoms with Gasteiger partial charge in [-0.15, -0.1) is 11.3 Å². The van der Waals surface area contributed by atoms with Crippen LogP contribution in [-0.2, 0) is 17.8 Å². The minimum Gasteiger partial charge on any atom is -0.355 e. The second-order valence-electron chi connectivity index (χ2n) is 7.27. The van der Waals surface area contributed by atoms with E-state index < -0.39 is 0 Å². The highest BCUT2D eigenvalue weighted by molar-refractivity contribution is 7.99. The number of nitrogens with one attached hydrogen (secondary N) is 1. The Kier molecular flexibility index (Phi) is 7.34. The molecule has 0 aliphatic heterocycles. The molecule has 0 spiro atoms. The third-order valence-electron chi connectivity index (χ3n) is 4.92. The SMILES string of the molecule is O=C(CSc1nc2ccsc2c(=O)n1Cc1ccc(F)cc1)NCCCc1ccccc1. The number of thioether (sulfide) groups is 1. The lowest BCUT2D eigenvalue weighted by Crippen LogP contribution is -2.28. The maximum atomic E-state index is 13.3. The number of carbonyl (C=O) groups is 1. The summed E-state index contributed by atoms with van der Waals surface area (Å²) in [5.74, 6) is -0.265. The fourth-order valence-corrected chi connectivity index (χ4v) is 4.90. The van der Waals surface area contributed by atoms with Gasteiger partial charge in [0.15, 0.2) is 5.16 Å². The maximum Gasteiger partial charge on any atom is 0.272 e. The Hall–Kier alpha value is -2.97. The van der Waals surface area contributed by atoms with Gasteiger partial charge in [-0.3, -0.25) is 14.2 Å². The molecule has 4 aromatic rings. The number of hydrogen-bond acceptors (Lipinski definition) is 5. The Bertz CT molecular complexity index is 1250. The van der Waals surface area contributed by atoms with Gasteiger partial charge in [0.25, 0.3) is 5.56 Å². The highest BCUT2D eigenvalue weighted by atomic mass is 32.2. The van der Waals surface area contributed by atoms with Crippen molar-refractivity contribution in [3.05, 3.63) is 93.3 Å². The monoisotopic (exact) mass is 467 g/mol. The average Bonchev–Trinajstić information content (AvgIpc) is 3.28. The van der Waals surface area contributed by atoms with Crippen LogP contribution < -0.4 is 10.9 Å². The lowest BCUT2D eigenvalue weighted by Gasteiger charge is -2.12. The van der Waals surface area contributed by atoms with Crippen LogP contribution >= 0.6 is 23.1 Å². The van der Waals surface area contributed by atoms with Crippen LogP contribution in [0.1, 0.15) is 17.5 Å². The molecule has 0 aliphatic carbocycles. The molecule has 0 bridgehead atoms. The molecule has 8 heteroatoms. The van der Waals surface area contributed by atoms with Crippen LogP contribution in [0.3, 0.4) is 0 Å². The predicted molar refractivity (Wildman–Crippen MR) is 128 cm³/mol. The second kappa shape index (κ2) is 10.6. The highest BCUT2D eigenvalue weighted by Crippen LogP contribution is 2.21. The smallest absolute Gasteiger partial charge is 0.272 e. The predicted octanol–water partition coefficient (Wildman–Crippen LogP) is 4.49. The van der Waals surface area contributed by atoms with Gasteiger partial charge in [-0.05, 0) is 47.5 Å². The lowest BCUT2D eigenvalue weighted by molar-refractivity contribution is -0.118. The average molecular weight is 468 g/mol. The normalized spacial score (nSPS) is 11.0. The van der Waals surface area contributed by atoms with Gasteiger partial charge in [-0.25, -0.2) is 9.37 Å². The van der Waals surface area contributed by atoms with E-state index >= 15 is 0 Å². The first-order valence-electron chi connectivity index (χ1n) is 10.3. The van der Waals surface area contributed by atoms with E-state index in [0.29, 0.717) is 21.9 Å². The molecule has 0 atom stereocenters. The van der Waals surface area contributed by atoms with Crippen LogP contribution in [0.2, 0.25) is 0 Å². The summed E-state index contributed by atoms with van der Waals surface area (Å²) in [7, 11) is 0. The summed E-state index contributed by atoms with van der Waals surface area (Å²) < 4.78 is 15.4. The zero-order valence-electron chi connectivity index (χ0n) is 17.3. The van der Waals surface area contributed by atoms with Crippen LogP contribution in [0, 0.1) is 5.82 Å². The standard InChI is InChI=1S/C24H22FN3O2S2/c25-19-10-8-18(9-11-19)15-28-23(30)22-20(12-14-31-22)27-24(28)32-16-21(29)26-13-4-7-17-5-2-1-3-6-17/h1-3,5-6,8-12,14H,4,7,13,15-16H2,(H,26,29). The van der Waals surface area contributed by atoms with Crippen molar-refractivity contribution in [1.29, 1.82) is 0 Å². The van der Waals surface area contributed by atoms with Crippen molar-refractivity contribution in [2.45, 2.75) is 24.5 Å². The molecule has 0 saturated carbocycles. The van der Waals surface area contributed by atoms with Gasteiger partial charge in [-0.1, -0.05) is 54.2 Å². The van der Waals surface area contributed by atoms with Gasteiger partial charge in [0.05, 0.1) is 17.8 Å². The number of aryl methyl sites for hydroxylation is 1. The number of halogens is 1. The third kappa shape index (κ3) is 5.63. The summed E-state index contributed by atoms with van der Waals surface area (Å²) >= 11 is 2.58. The topological polar surface area (TPSA) is 64.0 Å². The van der Waals surface area contributed by atoms with Crippen molar-refractivity contribution in [2.75, 3.05) is 12.3 Å². The summed E-state index contributed by atoms with van der Waals surface area (Å²) in [6, 6.07) is 18.0. The molecule has 2 heterocycles. The van der Waals surface area contributed by atoms with Gasteiger partial charge in [0.1, 0.15) is 10.5 Å². The van der Waals surface area contributed by atoms with E-state index in [2.05, 4.69) is 22.4 Å². The van der Waals surface area contributed by atoms with Crippen LogP contribution in [0.5, 0.6) is 0 Å². The summed E-state index contributed by atoms with van der Waals surface area (Å²) in [6.45, 7) is 0.856. The molecule has 0 unspecified atom stereocenters.